The van der Waals surface area contributed by atoms with Gasteiger partial charge < -0.3 is 35.7 Å². The fraction of sp³-hybridized carbons (Fsp3) is 0.714. The van der Waals surface area contributed by atoms with Crippen LogP contribution in [0.5, 0.6) is 0 Å². The minimum atomic E-state index is -2.17. The summed E-state index contributed by atoms with van der Waals surface area (Å²) in [6.07, 6.45) is -0.702. The van der Waals surface area contributed by atoms with Crippen molar-refractivity contribution >= 4 is 31.0 Å². The number of carboxylic acid groups (broad SMARTS) is 3. The third-order valence-electron chi connectivity index (χ3n) is 4.80. The topological polar surface area (TPSA) is 185 Å². The smallest absolute Gasteiger partial charge is 0.509 e. The van der Waals surface area contributed by atoms with Crippen LogP contribution in [-0.4, -0.2) is 70.5 Å². The molecule has 2 rings (SSSR count). The van der Waals surface area contributed by atoms with Crippen molar-refractivity contribution in [2.24, 2.45) is 11.7 Å². The summed E-state index contributed by atoms with van der Waals surface area (Å²) < 4.78 is 10.3. The van der Waals surface area contributed by atoms with E-state index in [1.807, 2.05) is 0 Å². The van der Waals surface area contributed by atoms with Crippen LogP contribution < -0.4 is 11.1 Å². The van der Waals surface area contributed by atoms with Crippen LogP contribution in [0.3, 0.4) is 0 Å². The van der Waals surface area contributed by atoms with E-state index in [0.717, 1.165) is 0 Å². The van der Waals surface area contributed by atoms with Crippen LogP contribution in [0.25, 0.3) is 0 Å². The molecule has 26 heavy (non-hydrogen) atoms. The van der Waals surface area contributed by atoms with Crippen LogP contribution in [0.4, 0.5) is 0 Å². The van der Waals surface area contributed by atoms with Gasteiger partial charge in [0.1, 0.15) is 5.54 Å². The fourth-order valence-corrected chi connectivity index (χ4v) is 3.33. The number of carboxylic acids is 3. The Morgan fingerprint density at radius 3 is 2.54 bits per heavy atom. The molecule has 144 valence electrons. The van der Waals surface area contributed by atoms with Gasteiger partial charge in [0, 0.05) is 19.0 Å². The Hall–Kier alpha value is -2.18. The van der Waals surface area contributed by atoms with E-state index >= 15 is 0 Å². The lowest BCUT2D eigenvalue weighted by atomic mass is 9.75. The Morgan fingerprint density at radius 1 is 1.27 bits per heavy atom. The highest BCUT2D eigenvalue weighted by atomic mass is 16.6. The average molecular weight is 372 g/mol. The quantitative estimate of drug-likeness (QED) is 0.313. The first-order chi connectivity index (χ1) is 12.1. The number of hydrogen-bond acceptors (Lipinski definition) is 8. The summed E-state index contributed by atoms with van der Waals surface area (Å²) in [4.78, 5) is 45.4. The third kappa shape index (κ3) is 4.14. The Bertz CT molecular complexity index is 611. The number of rotatable bonds is 8. The molecule has 2 aliphatic rings. The Morgan fingerprint density at radius 2 is 1.96 bits per heavy atom. The second kappa shape index (κ2) is 7.60. The average Bonchev–Trinajstić information content (AvgIpc) is 2.88. The van der Waals surface area contributed by atoms with Crippen molar-refractivity contribution in [2.45, 2.75) is 43.1 Å². The predicted molar refractivity (Wildman–Crippen MR) is 85.1 cm³/mol. The van der Waals surface area contributed by atoms with Crippen molar-refractivity contribution < 1.29 is 43.8 Å². The molecule has 0 spiro atoms. The van der Waals surface area contributed by atoms with Crippen LogP contribution in [0.1, 0.15) is 25.7 Å². The molecule has 2 saturated heterocycles. The van der Waals surface area contributed by atoms with Crippen LogP contribution in [-0.2, 0) is 28.5 Å². The van der Waals surface area contributed by atoms with E-state index in [0.29, 0.717) is 19.4 Å². The number of nitrogens with two attached hydrogens (primary N) is 1. The van der Waals surface area contributed by atoms with Crippen LogP contribution in [0, 0.1) is 5.92 Å². The first-order valence-electron chi connectivity index (χ1n) is 8.14. The lowest BCUT2D eigenvalue weighted by Gasteiger charge is -2.35. The molecule has 0 bridgehead atoms. The number of nitrogens with one attached hydrogen (secondary N) is 1. The second-order valence-electron chi connectivity index (χ2n) is 6.69. The fourth-order valence-electron chi connectivity index (χ4n) is 3.33. The summed E-state index contributed by atoms with van der Waals surface area (Å²) in [5.41, 5.74) is 2.35. The molecule has 11 nitrogen and oxygen atoms in total. The Balaban J connectivity index is 1.97. The van der Waals surface area contributed by atoms with Gasteiger partial charge in [0.2, 0.25) is 0 Å². The van der Waals surface area contributed by atoms with E-state index in [2.05, 4.69) is 5.32 Å². The molecule has 2 fully saturated rings. The minimum absolute atomic E-state index is 0.104. The van der Waals surface area contributed by atoms with Gasteiger partial charge in [0.25, 0.3) is 5.97 Å². The zero-order valence-corrected chi connectivity index (χ0v) is 14.0. The highest BCUT2D eigenvalue weighted by molar-refractivity contribution is 6.48. The molecular formula is C14H21BN2O9. The zero-order valence-electron chi connectivity index (χ0n) is 14.0. The highest BCUT2D eigenvalue weighted by Crippen LogP contribution is 2.31. The van der Waals surface area contributed by atoms with Crippen LogP contribution in [0.2, 0.25) is 6.32 Å². The molecule has 0 aromatic carbocycles. The van der Waals surface area contributed by atoms with E-state index in [-0.39, 0.29) is 18.8 Å². The summed E-state index contributed by atoms with van der Waals surface area (Å²) in [6, 6.07) is 0. The summed E-state index contributed by atoms with van der Waals surface area (Å²) in [5, 5.41) is 30.4. The van der Waals surface area contributed by atoms with E-state index < -0.39 is 55.0 Å². The predicted octanol–water partition coefficient (Wildman–Crippen LogP) is -1.48. The molecule has 2 aliphatic heterocycles. The molecule has 12 heteroatoms. The molecule has 6 N–H and O–H groups in total. The van der Waals surface area contributed by atoms with Gasteiger partial charge in [-0.1, -0.05) is 6.42 Å². The molecule has 0 aliphatic carbocycles. The van der Waals surface area contributed by atoms with Crippen molar-refractivity contribution in [3.63, 3.8) is 0 Å². The molecule has 3 unspecified atom stereocenters. The van der Waals surface area contributed by atoms with Crippen LogP contribution in [0.15, 0.2) is 0 Å². The first kappa shape index (κ1) is 20.1. The molecule has 0 radical (unpaired) electrons. The number of carbonyl (C=O) groups excluding carboxylic acids is 1. The van der Waals surface area contributed by atoms with Gasteiger partial charge in [0.15, 0.2) is 5.60 Å². The standard InChI is InChI=1S/C14H21BN2O9/c16-14(12(23)24)7-17-6-8(14)2-1-3-15-25-10(20)5-13(26-15,11(21)22)4-9(18)19/h8,17H,1-7,16H2,(H,18,19)(H,21,22)(H,23,24). The molecule has 0 amide bonds. The van der Waals surface area contributed by atoms with Gasteiger partial charge in [-0.15, -0.1) is 0 Å². The van der Waals surface area contributed by atoms with E-state index in [1.165, 1.54) is 0 Å². The Labute approximate surface area is 149 Å². The Kier molecular flexibility index (Phi) is 5.89. The molecule has 3 atom stereocenters. The highest BCUT2D eigenvalue weighted by Gasteiger charge is 2.52. The summed E-state index contributed by atoms with van der Waals surface area (Å²) in [6.45, 7) is 0.564. The van der Waals surface area contributed by atoms with E-state index in [9.17, 15) is 29.4 Å². The maximum atomic E-state index is 11.7. The molecule has 0 aromatic rings. The summed E-state index contributed by atoms with van der Waals surface area (Å²) >= 11 is 0. The summed E-state index contributed by atoms with van der Waals surface area (Å²) in [7, 11) is -1.21. The first-order valence-corrected chi connectivity index (χ1v) is 8.14. The van der Waals surface area contributed by atoms with Crippen molar-refractivity contribution in [1.29, 1.82) is 0 Å². The molecule has 0 saturated carbocycles. The van der Waals surface area contributed by atoms with Gasteiger partial charge in [0.05, 0.1) is 12.8 Å². The lowest BCUT2D eigenvalue weighted by molar-refractivity contribution is -0.174. The van der Waals surface area contributed by atoms with E-state index in [1.54, 1.807) is 0 Å². The van der Waals surface area contributed by atoms with Crippen molar-refractivity contribution in [1.82, 2.24) is 5.32 Å². The summed E-state index contributed by atoms with van der Waals surface area (Å²) in [5.74, 6) is -5.27. The SMILES string of the molecule is NC1(C(=O)O)CNCC1CCCB1OC(=O)CC(CC(=O)O)(C(=O)O)O1. The third-order valence-corrected chi connectivity index (χ3v) is 4.80. The van der Waals surface area contributed by atoms with Gasteiger partial charge in [-0.25, -0.2) is 4.79 Å². The van der Waals surface area contributed by atoms with Gasteiger partial charge in [-0.2, -0.15) is 0 Å². The molecular weight excluding hydrogens is 351 g/mol. The van der Waals surface area contributed by atoms with Gasteiger partial charge in [-0.3, -0.25) is 14.4 Å². The maximum absolute atomic E-state index is 11.7. The van der Waals surface area contributed by atoms with Crippen molar-refractivity contribution in [3.8, 4) is 0 Å². The van der Waals surface area contributed by atoms with Gasteiger partial charge in [-0.05, 0) is 12.7 Å². The molecule has 2 heterocycles. The van der Waals surface area contributed by atoms with Crippen molar-refractivity contribution in [2.75, 3.05) is 13.1 Å². The second-order valence-corrected chi connectivity index (χ2v) is 6.69. The minimum Gasteiger partial charge on any atom is -0.509 e. The van der Waals surface area contributed by atoms with E-state index in [4.69, 9.17) is 20.1 Å². The van der Waals surface area contributed by atoms with Gasteiger partial charge >= 0.3 is 25.0 Å². The zero-order chi connectivity index (χ0) is 19.5. The van der Waals surface area contributed by atoms with Crippen molar-refractivity contribution in [3.05, 3.63) is 0 Å². The number of carbonyl (C=O) groups is 4. The number of aliphatic carboxylic acids is 3. The lowest BCUT2D eigenvalue weighted by Crippen LogP contribution is -2.55. The normalized spacial score (nSPS) is 31.5. The van der Waals surface area contributed by atoms with Crippen LogP contribution >= 0.6 is 0 Å². The monoisotopic (exact) mass is 372 g/mol. The molecule has 0 aromatic heterocycles. The largest absolute Gasteiger partial charge is 0.528 e. The number of hydrogen-bond donors (Lipinski definition) is 5. The maximum Gasteiger partial charge on any atom is 0.528 e.